The summed E-state index contributed by atoms with van der Waals surface area (Å²) >= 11 is 0. The van der Waals surface area contributed by atoms with Crippen LogP contribution in [-0.4, -0.2) is 54.3 Å². The number of alkyl halides is 3. The average molecular weight is 297 g/mol. The van der Waals surface area contributed by atoms with Crippen LogP contribution >= 0.6 is 0 Å². The molecule has 0 radical (unpaired) electrons. The van der Waals surface area contributed by atoms with Gasteiger partial charge in [-0.25, -0.2) is 0 Å². The van der Waals surface area contributed by atoms with Gasteiger partial charge in [-0.3, -0.25) is 4.79 Å². The van der Waals surface area contributed by atoms with Crippen molar-refractivity contribution < 1.29 is 27.9 Å². The molecule has 9 heteroatoms. The molecule has 1 fully saturated rings. The zero-order valence-electron chi connectivity index (χ0n) is 11.1. The summed E-state index contributed by atoms with van der Waals surface area (Å²) in [6.07, 6.45) is -4.31. The second-order valence-electron chi connectivity index (χ2n) is 4.61. The molecule has 0 aromatic carbocycles. The molecule has 0 bridgehead atoms. The Kier molecular flexibility index (Phi) is 5.21. The maximum absolute atomic E-state index is 12.5. The van der Waals surface area contributed by atoms with Crippen molar-refractivity contribution in [2.24, 2.45) is 16.3 Å². The Labute approximate surface area is 114 Å². The Morgan fingerprint density at radius 1 is 1.45 bits per heavy atom. The summed E-state index contributed by atoms with van der Waals surface area (Å²) in [5.74, 6) is -1.15. The van der Waals surface area contributed by atoms with Gasteiger partial charge in [0, 0.05) is 19.8 Å². The number of nitrogens with two attached hydrogens (primary N) is 1. The van der Waals surface area contributed by atoms with Crippen molar-refractivity contribution in [2.75, 3.05) is 26.3 Å². The standard InChI is InChI=1S/C11H18F3N3O3/c1-2-17(7-11(12,13)14)9(18)10(8(15)16-19)3-5-20-6-4-10/h19H,2-7H2,1H3,(H2,15,16). The van der Waals surface area contributed by atoms with Gasteiger partial charge in [0.05, 0.1) is 0 Å². The maximum Gasteiger partial charge on any atom is 0.406 e. The van der Waals surface area contributed by atoms with Crippen molar-refractivity contribution in [3.05, 3.63) is 0 Å². The quantitative estimate of drug-likeness (QED) is 0.350. The highest BCUT2D eigenvalue weighted by Gasteiger charge is 2.48. The third-order valence-corrected chi connectivity index (χ3v) is 3.39. The molecule has 0 aromatic rings. The monoisotopic (exact) mass is 297 g/mol. The molecular formula is C11H18F3N3O3. The van der Waals surface area contributed by atoms with E-state index in [9.17, 15) is 18.0 Å². The highest BCUT2D eigenvalue weighted by Crippen LogP contribution is 2.34. The zero-order chi connectivity index (χ0) is 15.4. The number of oxime groups is 1. The Balaban J connectivity index is 3.03. The van der Waals surface area contributed by atoms with Crippen LogP contribution in [0, 0.1) is 5.41 Å². The van der Waals surface area contributed by atoms with E-state index >= 15 is 0 Å². The SMILES string of the molecule is CCN(CC(F)(F)F)C(=O)C1(C(N)=NO)CCOCC1. The fourth-order valence-corrected chi connectivity index (χ4v) is 2.24. The molecular weight excluding hydrogens is 279 g/mol. The smallest absolute Gasteiger partial charge is 0.406 e. The number of hydrogen-bond donors (Lipinski definition) is 2. The van der Waals surface area contributed by atoms with Crippen LogP contribution in [0.25, 0.3) is 0 Å². The molecule has 1 rings (SSSR count). The van der Waals surface area contributed by atoms with Gasteiger partial charge in [0.15, 0.2) is 5.84 Å². The van der Waals surface area contributed by atoms with E-state index in [-0.39, 0.29) is 38.4 Å². The van der Waals surface area contributed by atoms with E-state index in [0.717, 1.165) is 0 Å². The predicted molar refractivity (Wildman–Crippen MR) is 64.2 cm³/mol. The first-order valence-electron chi connectivity index (χ1n) is 6.18. The molecule has 1 saturated heterocycles. The molecule has 3 N–H and O–H groups in total. The van der Waals surface area contributed by atoms with Crippen molar-refractivity contribution in [2.45, 2.75) is 25.9 Å². The summed E-state index contributed by atoms with van der Waals surface area (Å²) in [4.78, 5) is 13.1. The van der Waals surface area contributed by atoms with Crippen LogP contribution < -0.4 is 5.73 Å². The summed E-state index contributed by atoms with van der Waals surface area (Å²) < 4.78 is 42.6. The van der Waals surface area contributed by atoms with Crippen molar-refractivity contribution in [1.29, 1.82) is 0 Å². The molecule has 0 saturated carbocycles. The highest BCUT2D eigenvalue weighted by molar-refractivity contribution is 6.06. The number of amidine groups is 1. The van der Waals surface area contributed by atoms with E-state index < -0.39 is 24.0 Å². The number of ether oxygens (including phenoxy) is 1. The van der Waals surface area contributed by atoms with Gasteiger partial charge in [-0.15, -0.1) is 0 Å². The largest absolute Gasteiger partial charge is 0.409 e. The Hall–Kier alpha value is -1.51. The minimum absolute atomic E-state index is 0.0933. The van der Waals surface area contributed by atoms with E-state index in [1.807, 2.05) is 0 Å². The Morgan fingerprint density at radius 2 is 2.00 bits per heavy atom. The lowest BCUT2D eigenvalue weighted by Crippen LogP contribution is -2.55. The van der Waals surface area contributed by atoms with Gasteiger partial charge in [-0.2, -0.15) is 13.2 Å². The van der Waals surface area contributed by atoms with Crippen LogP contribution in [0.5, 0.6) is 0 Å². The van der Waals surface area contributed by atoms with Gasteiger partial charge < -0.3 is 20.6 Å². The van der Waals surface area contributed by atoms with Crippen molar-refractivity contribution >= 4 is 11.7 Å². The molecule has 0 unspecified atom stereocenters. The van der Waals surface area contributed by atoms with Gasteiger partial charge in [0.25, 0.3) is 0 Å². The molecule has 20 heavy (non-hydrogen) atoms. The Bertz CT molecular complexity index is 379. The lowest BCUT2D eigenvalue weighted by Gasteiger charge is -2.38. The number of hydrogen-bond acceptors (Lipinski definition) is 4. The highest BCUT2D eigenvalue weighted by atomic mass is 19.4. The summed E-state index contributed by atoms with van der Waals surface area (Å²) in [5.41, 5.74) is 4.13. The van der Waals surface area contributed by atoms with Crippen LogP contribution in [0.2, 0.25) is 0 Å². The minimum atomic E-state index is -4.50. The molecule has 1 aliphatic heterocycles. The topological polar surface area (TPSA) is 88.2 Å². The summed E-state index contributed by atoms with van der Waals surface area (Å²) in [5, 5.41) is 11.6. The molecule has 0 aromatic heterocycles. The van der Waals surface area contributed by atoms with Crippen molar-refractivity contribution in [3.8, 4) is 0 Å². The number of rotatable bonds is 4. The molecule has 1 amide bonds. The molecule has 0 aliphatic carbocycles. The number of amides is 1. The molecule has 0 spiro atoms. The number of carbonyl (C=O) groups excluding carboxylic acids is 1. The normalized spacial score (nSPS) is 19.7. The fourth-order valence-electron chi connectivity index (χ4n) is 2.24. The molecule has 116 valence electrons. The number of nitrogens with zero attached hydrogens (tertiary/aromatic N) is 2. The average Bonchev–Trinajstić information content (AvgIpc) is 2.42. The molecule has 1 heterocycles. The van der Waals surface area contributed by atoms with Crippen LogP contribution in [0.3, 0.4) is 0 Å². The van der Waals surface area contributed by atoms with E-state index in [1.165, 1.54) is 6.92 Å². The van der Waals surface area contributed by atoms with Gasteiger partial charge >= 0.3 is 6.18 Å². The van der Waals surface area contributed by atoms with E-state index in [2.05, 4.69) is 5.16 Å². The van der Waals surface area contributed by atoms with Crippen LogP contribution in [-0.2, 0) is 9.53 Å². The lowest BCUT2D eigenvalue weighted by atomic mass is 9.77. The first kappa shape index (κ1) is 16.5. The van der Waals surface area contributed by atoms with Gasteiger partial charge in [-0.1, -0.05) is 5.16 Å². The predicted octanol–water partition coefficient (Wildman–Crippen LogP) is 0.940. The first-order valence-corrected chi connectivity index (χ1v) is 6.18. The lowest BCUT2D eigenvalue weighted by molar-refractivity contribution is -0.167. The number of carbonyl (C=O) groups is 1. The molecule has 1 aliphatic rings. The molecule has 6 nitrogen and oxygen atoms in total. The summed E-state index contributed by atoms with van der Waals surface area (Å²) in [6.45, 7) is 0.323. The first-order chi connectivity index (χ1) is 9.27. The van der Waals surface area contributed by atoms with Gasteiger partial charge in [0.1, 0.15) is 12.0 Å². The zero-order valence-corrected chi connectivity index (χ0v) is 11.1. The van der Waals surface area contributed by atoms with Crippen LogP contribution in [0.15, 0.2) is 5.16 Å². The van der Waals surface area contributed by atoms with Crippen molar-refractivity contribution in [1.82, 2.24) is 4.90 Å². The molecule has 0 atom stereocenters. The maximum atomic E-state index is 12.5. The summed E-state index contributed by atoms with van der Waals surface area (Å²) in [7, 11) is 0. The number of halogens is 3. The Morgan fingerprint density at radius 3 is 2.40 bits per heavy atom. The van der Waals surface area contributed by atoms with E-state index in [4.69, 9.17) is 15.7 Å². The third-order valence-electron chi connectivity index (χ3n) is 3.39. The van der Waals surface area contributed by atoms with E-state index in [1.54, 1.807) is 0 Å². The van der Waals surface area contributed by atoms with Crippen LogP contribution in [0.1, 0.15) is 19.8 Å². The summed E-state index contributed by atoms with van der Waals surface area (Å²) in [6, 6.07) is 0. The van der Waals surface area contributed by atoms with Crippen molar-refractivity contribution in [3.63, 3.8) is 0 Å². The third kappa shape index (κ3) is 3.53. The fraction of sp³-hybridized carbons (Fsp3) is 0.818. The van der Waals surface area contributed by atoms with Gasteiger partial charge in [-0.05, 0) is 19.8 Å². The van der Waals surface area contributed by atoms with Gasteiger partial charge in [0.2, 0.25) is 5.91 Å². The second kappa shape index (κ2) is 6.29. The van der Waals surface area contributed by atoms with E-state index in [0.29, 0.717) is 4.90 Å². The van der Waals surface area contributed by atoms with Crippen LogP contribution in [0.4, 0.5) is 13.2 Å². The second-order valence-corrected chi connectivity index (χ2v) is 4.61. The minimum Gasteiger partial charge on any atom is -0.409 e.